The van der Waals surface area contributed by atoms with Crippen LogP contribution in [0, 0.1) is 5.92 Å². The van der Waals surface area contributed by atoms with E-state index in [1.165, 1.54) is 5.56 Å². The van der Waals surface area contributed by atoms with Crippen molar-refractivity contribution in [1.29, 1.82) is 0 Å². The minimum atomic E-state index is 0.0404. The maximum absolute atomic E-state index is 12.5. The molecule has 0 spiro atoms. The highest BCUT2D eigenvalue weighted by atomic mass is 32.2. The molecule has 1 aromatic rings. The lowest BCUT2D eigenvalue weighted by molar-refractivity contribution is -0.131. The molecule has 0 saturated carbocycles. The van der Waals surface area contributed by atoms with Gasteiger partial charge in [-0.2, -0.15) is 0 Å². The predicted octanol–water partition coefficient (Wildman–Crippen LogP) is 4.13. The van der Waals surface area contributed by atoms with Gasteiger partial charge < -0.3 is 4.90 Å². The van der Waals surface area contributed by atoms with Crippen LogP contribution in [0.1, 0.15) is 44.4 Å². The molecule has 1 heterocycles. The quantitative estimate of drug-likeness (QED) is 0.831. The first-order chi connectivity index (χ1) is 9.58. The number of carbonyl (C=O) groups is 1. The minimum absolute atomic E-state index is 0.0404. The van der Waals surface area contributed by atoms with Crippen LogP contribution < -0.4 is 0 Å². The summed E-state index contributed by atoms with van der Waals surface area (Å²) in [6.07, 6.45) is 2.30. The summed E-state index contributed by atoms with van der Waals surface area (Å²) >= 11 is 1.76. The molecule has 0 bridgehead atoms. The Morgan fingerprint density at radius 2 is 1.80 bits per heavy atom. The van der Waals surface area contributed by atoms with E-state index in [1.807, 2.05) is 13.0 Å². The number of thioether (sulfide) groups is 1. The molecule has 2 rings (SSSR count). The van der Waals surface area contributed by atoms with Crippen molar-refractivity contribution in [1.82, 2.24) is 4.90 Å². The number of piperidine rings is 1. The molecule has 1 fully saturated rings. The van der Waals surface area contributed by atoms with E-state index < -0.39 is 0 Å². The Bertz CT molecular complexity index is 426. The van der Waals surface area contributed by atoms with Crippen LogP contribution in [0.2, 0.25) is 0 Å². The molecule has 2 nitrogen and oxygen atoms in total. The van der Waals surface area contributed by atoms with Gasteiger partial charge >= 0.3 is 0 Å². The second-order valence-corrected chi connectivity index (χ2v) is 7.53. The van der Waals surface area contributed by atoms with E-state index >= 15 is 0 Å². The Hall–Kier alpha value is -0.960. The van der Waals surface area contributed by atoms with Crippen molar-refractivity contribution in [2.75, 3.05) is 13.1 Å². The van der Waals surface area contributed by atoms with E-state index in [4.69, 9.17) is 0 Å². The SMILES string of the molecule is CC1CCN(C(=O)C(C)SC(C)c2ccccc2)CC1. The van der Waals surface area contributed by atoms with Gasteiger partial charge in [0.25, 0.3) is 0 Å². The van der Waals surface area contributed by atoms with E-state index in [-0.39, 0.29) is 5.25 Å². The Morgan fingerprint density at radius 1 is 1.20 bits per heavy atom. The second kappa shape index (κ2) is 7.16. The molecule has 110 valence electrons. The van der Waals surface area contributed by atoms with E-state index in [9.17, 15) is 4.79 Å². The van der Waals surface area contributed by atoms with E-state index in [2.05, 4.69) is 43.0 Å². The fraction of sp³-hybridized carbons (Fsp3) is 0.588. The van der Waals surface area contributed by atoms with Gasteiger partial charge in [-0.25, -0.2) is 0 Å². The molecular formula is C17H25NOS. The number of amides is 1. The van der Waals surface area contributed by atoms with E-state index in [0.29, 0.717) is 11.2 Å². The lowest BCUT2D eigenvalue weighted by atomic mass is 9.99. The Morgan fingerprint density at radius 3 is 2.40 bits per heavy atom. The molecule has 1 aromatic carbocycles. The molecule has 1 saturated heterocycles. The Labute approximate surface area is 126 Å². The van der Waals surface area contributed by atoms with Crippen LogP contribution in [-0.4, -0.2) is 29.1 Å². The van der Waals surface area contributed by atoms with Crippen molar-refractivity contribution < 1.29 is 4.79 Å². The third kappa shape index (κ3) is 4.02. The summed E-state index contributed by atoms with van der Waals surface area (Å²) in [5, 5.41) is 0.400. The Kier molecular flexibility index (Phi) is 5.53. The highest BCUT2D eigenvalue weighted by molar-refractivity contribution is 8.00. The number of nitrogens with zero attached hydrogens (tertiary/aromatic N) is 1. The molecular weight excluding hydrogens is 266 g/mol. The van der Waals surface area contributed by atoms with Gasteiger partial charge in [0.05, 0.1) is 5.25 Å². The smallest absolute Gasteiger partial charge is 0.235 e. The maximum atomic E-state index is 12.5. The van der Waals surface area contributed by atoms with Crippen molar-refractivity contribution >= 4 is 17.7 Å². The molecule has 1 aliphatic heterocycles. The largest absolute Gasteiger partial charge is 0.342 e. The zero-order valence-corrected chi connectivity index (χ0v) is 13.5. The number of carbonyl (C=O) groups excluding carboxylic acids is 1. The highest BCUT2D eigenvalue weighted by Crippen LogP contribution is 2.32. The van der Waals surface area contributed by atoms with Crippen LogP contribution in [0.15, 0.2) is 30.3 Å². The number of rotatable bonds is 4. The molecule has 2 atom stereocenters. The predicted molar refractivity (Wildman–Crippen MR) is 86.9 cm³/mol. The second-order valence-electron chi connectivity index (χ2n) is 5.84. The zero-order valence-electron chi connectivity index (χ0n) is 12.7. The van der Waals surface area contributed by atoms with Gasteiger partial charge in [0, 0.05) is 18.3 Å². The summed E-state index contributed by atoms with van der Waals surface area (Å²) in [7, 11) is 0. The number of hydrogen-bond donors (Lipinski definition) is 0. The number of hydrogen-bond acceptors (Lipinski definition) is 2. The lowest BCUT2D eigenvalue weighted by Crippen LogP contribution is -2.41. The first kappa shape index (κ1) is 15.4. The van der Waals surface area contributed by atoms with Gasteiger partial charge in [-0.3, -0.25) is 4.79 Å². The molecule has 1 amide bonds. The summed E-state index contributed by atoms with van der Waals surface area (Å²) in [5.74, 6) is 1.08. The highest BCUT2D eigenvalue weighted by Gasteiger charge is 2.26. The van der Waals surface area contributed by atoms with E-state index in [0.717, 1.165) is 31.8 Å². The average Bonchev–Trinajstić information content (AvgIpc) is 2.48. The van der Waals surface area contributed by atoms with Crippen LogP contribution >= 0.6 is 11.8 Å². The molecule has 1 aliphatic rings. The summed E-state index contributed by atoms with van der Waals surface area (Å²) in [6, 6.07) is 10.4. The minimum Gasteiger partial charge on any atom is -0.342 e. The lowest BCUT2D eigenvalue weighted by Gasteiger charge is -2.32. The first-order valence-corrected chi connectivity index (χ1v) is 8.51. The summed E-state index contributed by atoms with van der Waals surface area (Å²) in [5.41, 5.74) is 1.30. The van der Waals surface area contributed by atoms with Crippen LogP contribution in [0.5, 0.6) is 0 Å². The van der Waals surface area contributed by atoms with Crippen LogP contribution in [0.3, 0.4) is 0 Å². The normalized spacial score (nSPS) is 19.6. The topological polar surface area (TPSA) is 20.3 Å². The third-order valence-corrected chi connectivity index (χ3v) is 5.41. The van der Waals surface area contributed by atoms with Crippen molar-refractivity contribution in [3.8, 4) is 0 Å². The van der Waals surface area contributed by atoms with Gasteiger partial charge in [-0.05, 0) is 38.2 Å². The molecule has 0 aliphatic carbocycles. The van der Waals surface area contributed by atoms with Crippen molar-refractivity contribution in [2.24, 2.45) is 5.92 Å². The maximum Gasteiger partial charge on any atom is 0.235 e. The molecule has 20 heavy (non-hydrogen) atoms. The summed E-state index contributed by atoms with van der Waals surface area (Å²) < 4.78 is 0. The molecule has 2 unspecified atom stereocenters. The molecule has 0 radical (unpaired) electrons. The van der Waals surface area contributed by atoms with Gasteiger partial charge in [0.1, 0.15) is 0 Å². The average molecular weight is 291 g/mol. The molecule has 3 heteroatoms. The van der Waals surface area contributed by atoms with Gasteiger partial charge in [0.2, 0.25) is 5.91 Å². The standard InChI is InChI=1S/C17H25NOS/c1-13-9-11-18(12-10-13)17(19)15(3)20-14(2)16-7-5-4-6-8-16/h4-8,13-15H,9-12H2,1-3H3. The van der Waals surface area contributed by atoms with Crippen molar-refractivity contribution in [3.63, 3.8) is 0 Å². The van der Waals surface area contributed by atoms with Crippen LogP contribution in [-0.2, 0) is 4.79 Å². The zero-order chi connectivity index (χ0) is 14.5. The number of likely N-dealkylation sites (tertiary alicyclic amines) is 1. The van der Waals surface area contributed by atoms with Gasteiger partial charge in [-0.1, -0.05) is 37.3 Å². The van der Waals surface area contributed by atoms with Gasteiger partial charge in [0.15, 0.2) is 0 Å². The molecule has 0 aromatic heterocycles. The third-order valence-electron chi connectivity index (χ3n) is 4.12. The van der Waals surface area contributed by atoms with Crippen LogP contribution in [0.4, 0.5) is 0 Å². The van der Waals surface area contributed by atoms with Crippen molar-refractivity contribution in [2.45, 2.75) is 44.1 Å². The van der Waals surface area contributed by atoms with Crippen LogP contribution in [0.25, 0.3) is 0 Å². The number of benzene rings is 1. The fourth-order valence-corrected chi connectivity index (χ4v) is 3.85. The monoisotopic (exact) mass is 291 g/mol. The first-order valence-electron chi connectivity index (χ1n) is 7.57. The van der Waals surface area contributed by atoms with E-state index in [1.54, 1.807) is 11.8 Å². The molecule has 0 N–H and O–H groups in total. The fourth-order valence-electron chi connectivity index (χ4n) is 2.65. The Balaban J connectivity index is 1.88. The van der Waals surface area contributed by atoms with Gasteiger partial charge in [-0.15, -0.1) is 11.8 Å². The summed E-state index contributed by atoms with van der Waals surface area (Å²) in [6.45, 7) is 8.37. The van der Waals surface area contributed by atoms with Crippen molar-refractivity contribution in [3.05, 3.63) is 35.9 Å². The summed E-state index contributed by atoms with van der Waals surface area (Å²) in [4.78, 5) is 14.5.